The van der Waals surface area contributed by atoms with Crippen LogP contribution in [0.15, 0.2) is 48.5 Å². The van der Waals surface area contributed by atoms with Gasteiger partial charge in [-0.3, -0.25) is 0 Å². The molecule has 9 heteroatoms. The molecule has 1 saturated heterocycles. The monoisotopic (exact) mass is 525 g/mol. The zero-order chi connectivity index (χ0) is 26.9. The maximum atomic E-state index is 12.9. The van der Waals surface area contributed by atoms with Gasteiger partial charge in [0.25, 0.3) is 0 Å². The molecule has 4 atom stereocenters. The molecule has 37 heavy (non-hydrogen) atoms. The molecule has 0 radical (unpaired) electrons. The lowest BCUT2D eigenvalue weighted by Crippen LogP contribution is -2.61. The largest absolute Gasteiger partial charge is 0.573 e. The van der Waals surface area contributed by atoms with Crippen molar-refractivity contribution in [1.82, 2.24) is 0 Å². The minimum atomic E-state index is -4.75. The number of rotatable bonds is 13. The van der Waals surface area contributed by atoms with Gasteiger partial charge < -0.3 is 18.9 Å². The summed E-state index contributed by atoms with van der Waals surface area (Å²) in [4.78, 5) is 0. The number of piperidine rings is 1. The van der Waals surface area contributed by atoms with Crippen molar-refractivity contribution >= 4 is 0 Å². The van der Waals surface area contributed by atoms with E-state index in [1.807, 2.05) is 18.2 Å². The number of hydrogen-bond acceptors (Lipinski definition) is 5. The molecule has 1 aliphatic heterocycles. The van der Waals surface area contributed by atoms with Crippen LogP contribution >= 0.6 is 0 Å². The van der Waals surface area contributed by atoms with Gasteiger partial charge in [-0.15, -0.1) is 13.2 Å². The van der Waals surface area contributed by atoms with Gasteiger partial charge in [0.1, 0.15) is 17.5 Å². The first kappa shape index (κ1) is 29.2. The Morgan fingerprint density at radius 1 is 1.05 bits per heavy atom. The molecule has 0 bridgehead atoms. The van der Waals surface area contributed by atoms with Gasteiger partial charge in [-0.2, -0.15) is 5.84 Å². The molecule has 3 rings (SSSR count). The first-order valence-electron chi connectivity index (χ1n) is 12.8. The second-order valence-corrected chi connectivity index (χ2v) is 9.84. The van der Waals surface area contributed by atoms with Crippen LogP contribution in [0.1, 0.15) is 49.3 Å². The number of nitrogens with two attached hydrogens (primary N) is 1. The smallest absolute Gasteiger partial charge is 0.496 e. The van der Waals surface area contributed by atoms with Gasteiger partial charge in [-0.25, -0.2) is 4.59 Å². The molecular formula is C28H40F3N2O4+. The van der Waals surface area contributed by atoms with Crippen LogP contribution in [0.3, 0.4) is 0 Å². The van der Waals surface area contributed by atoms with Crippen molar-refractivity contribution in [3.8, 4) is 11.5 Å². The third kappa shape index (κ3) is 8.33. The first-order chi connectivity index (χ1) is 17.7. The van der Waals surface area contributed by atoms with Crippen molar-refractivity contribution in [2.75, 3.05) is 41.0 Å². The van der Waals surface area contributed by atoms with Crippen molar-refractivity contribution in [3.05, 3.63) is 59.7 Å². The fourth-order valence-electron chi connectivity index (χ4n) is 5.68. The van der Waals surface area contributed by atoms with Gasteiger partial charge in [0.15, 0.2) is 0 Å². The highest BCUT2D eigenvalue weighted by molar-refractivity contribution is 5.41. The van der Waals surface area contributed by atoms with Gasteiger partial charge in [0.2, 0.25) is 0 Å². The van der Waals surface area contributed by atoms with E-state index in [2.05, 4.69) is 16.9 Å². The lowest BCUT2D eigenvalue weighted by molar-refractivity contribution is -0.977. The van der Waals surface area contributed by atoms with Crippen LogP contribution in [0.2, 0.25) is 0 Å². The molecule has 1 aliphatic rings. The Hall–Kier alpha value is -2.33. The number of methoxy groups -OCH3 is 3. The Labute approximate surface area is 218 Å². The van der Waals surface area contributed by atoms with E-state index >= 15 is 0 Å². The fraction of sp³-hybridized carbons (Fsp3) is 0.571. The third-order valence-corrected chi connectivity index (χ3v) is 7.29. The average Bonchev–Trinajstić information content (AvgIpc) is 2.86. The van der Waals surface area contributed by atoms with E-state index in [0.29, 0.717) is 28.9 Å². The number of alkyl halides is 3. The molecule has 2 N–H and O–H groups in total. The Morgan fingerprint density at radius 2 is 1.81 bits per heavy atom. The summed E-state index contributed by atoms with van der Waals surface area (Å²) in [6.45, 7) is 2.21. The molecule has 206 valence electrons. The van der Waals surface area contributed by atoms with Crippen LogP contribution in [0.4, 0.5) is 13.2 Å². The minimum Gasteiger partial charge on any atom is -0.496 e. The fourth-order valence-corrected chi connectivity index (χ4v) is 5.68. The molecular weight excluding hydrogens is 485 g/mol. The van der Waals surface area contributed by atoms with Gasteiger partial charge in [-0.05, 0) is 62.3 Å². The van der Waals surface area contributed by atoms with E-state index in [1.54, 1.807) is 14.2 Å². The summed E-state index contributed by atoms with van der Waals surface area (Å²) in [7, 11) is 4.90. The highest BCUT2D eigenvalue weighted by Crippen LogP contribution is 2.43. The molecule has 0 spiro atoms. The number of halogens is 3. The van der Waals surface area contributed by atoms with Crippen molar-refractivity contribution in [2.24, 2.45) is 11.8 Å². The summed E-state index contributed by atoms with van der Waals surface area (Å²) in [5.74, 6) is 7.57. The molecule has 0 saturated carbocycles. The van der Waals surface area contributed by atoms with E-state index in [-0.39, 0.29) is 23.8 Å². The van der Waals surface area contributed by atoms with Gasteiger partial charge in [0, 0.05) is 25.7 Å². The molecule has 2 aromatic rings. The van der Waals surface area contributed by atoms with Gasteiger partial charge in [0.05, 0.1) is 32.9 Å². The second kappa shape index (κ2) is 13.5. The minimum absolute atomic E-state index is 0.00374. The Kier molecular flexibility index (Phi) is 10.6. The van der Waals surface area contributed by atoms with E-state index in [4.69, 9.17) is 20.1 Å². The standard InChI is InChI=1S/C28H40F3N2O4/c1-34-20-25(35-2)13-7-8-16-33(32)17-9-12-22(27(33)21-10-5-4-6-11-21)18-23-19-24(37-28(29,30)31)14-15-26(23)36-3/h4-6,10-11,14-15,19,22,25,27H,7-9,12-13,16-18,20,32H2,1-3H3/q+1/t22-,25?,27+,33?/m0/s1. The SMILES string of the molecule is COCC(CCCC[N+]1(N)CCC[C@@H](Cc2cc(OC(F)(F)F)ccc2OC)[C@H]1c1ccccc1)OC. The average molecular weight is 526 g/mol. The van der Waals surface area contributed by atoms with Gasteiger partial charge >= 0.3 is 6.36 Å². The normalized spacial score (nSPS) is 23.0. The second-order valence-electron chi connectivity index (χ2n) is 9.84. The maximum absolute atomic E-state index is 12.9. The van der Waals surface area contributed by atoms with E-state index in [1.165, 1.54) is 25.3 Å². The molecule has 2 unspecified atom stereocenters. The molecule has 1 heterocycles. The highest BCUT2D eigenvalue weighted by atomic mass is 19.4. The topological polar surface area (TPSA) is 62.9 Å². The first-order valence-corrected chi connectivity index (χ1v) is 12.8. The van der Waals surface area contributed by atoms with Gasteiger partial charge in [-0.1, -0.05) is 30.3 Å². The summed E-state index contributed by atoms with van der Waals surface area (Å²) < 4.78 is 59.4. The van der Waals surface area contributed by atoms with Crippen molar-refractivity contribution in [1.29, 1.82) is 0 Å². The zero-order valence-electron chi connectivity index (χ0n) is 22.0. The zero-order valence-corrected chi connectivity index (χ0v) is 22.0. The molecule has 0 aliphatic carbocycles. The van der Waals surface area contributed by atoms with Crippen LogP contribution in [-0.2, 0) is 15.9 Å². The number of ether oxygens (including phenoxy) is 4. The lowest BCUT2D eigenvalue weighted by Gasteiger charge is -2.47. The Bertz CT molecular complexity index is 960. The van der Waals surface area contributed by atoms with Crippen molar-refractivity contribution in [3.63, 3.8) is 0 Å². The summed E-state index contributed by atoms with van der Waals surface area (Å²) in [6.07, 6.45) is 0.511. The molecule has 0 amide bonds. The number of unbranched alkanes of at least 4 members (excludes halogenated alkanes) is 1. The number of nitrogens with zero attached hydrogens (tertiary/aromatic N) is 1. The Morgan fingerprint density at radius 3 is 2.46 bits per heavy atom. The van der Waals surface area contributed by atoms with E-state index < -0.39 is 6.36 Å². The number of likely N-dealkylation sites (tertiary alicyclic amines) is 1. The quantitative estimate of drug-likeness (QED) is 0.203. The molecule has 0 aromatic heterocycles. The van der Waals surface area contributed by atoms with Crippen molar-refractivity contribution < 1.29 is 36.7 Å². The number of quaternary nitrogens is 1. The summed E-state index contributed by atoms with van der Waals surface area (Å²) in [5.41, 5.74) is 1.83. The van der Waals surface area contributed by atoms with E-state index in [9.17, 15) is 13.2 Å². The van der Waals surface area contributed by atoms with Crippen molar-refractivity contribution in [2.45, 2.75) is 57.0 Å². The van der Waals surface area contributed by atoms with E-state index in [0.717, 1.165) is 50.8 Å². The number of hydrogen-bond donors (Lipinski definition) is 1. The summed E-state index contributed by atoms with van der Waals surface area (Å²) in [6, 6.07) is 14.5. The van der Waals surface area contributed by atoms with Crippen LogP contribution < -0.4 is 15.3 Å². The Balaban J connectivity index is 1.83. The molecule has 6 nitrogen and oxygen atoms in total. The third-order valence-electron chi connectivity index (χ3n) is 7.29. The predicted molar refractivity (Wildman–Crippen MR) is 136 cm³/mol. The lowest BCUT2D eigenvalue weighted by atomic mass is 9.79. The van der Waals surface area contributed by atoms with Crippen LogP contribution in [0, 0.1) is 5.92 Å². The molecule has 1 fully saturated rings. The molecule has 2 aromatic carbocycles. The van der Waals surface area contributed by atoms with Crippen LogP contribution in [0.25, 0.3) is 0 Å². The van der Waals surface area contributed by atoms with Crippen LogP contribution in [0.5, 0.6) is 11.5 Å². The highest BCUT2D eigenvalue weighted by Gasteiger charge is 2.44. The number of benzene rings is 2. The predicted octanol–water partition coefficient (Wildman–Crippen LogP) is 5.81. The summed E-state index contributed by atoms with van der Waals surface area (Å²) in [5, 5.41) is 0. The van der Waals surface area contributed by atoms with Crippen LogP contribution in [-0.4, -0.2) is 58.1 Å². The summed E-state index contributed by atoms with van der Waals surface area (Å²) >= 11 is 0. The maximum Gasteiger partial charge on any atom is 0.573 e.